The molecule has 4 atom stereocenters. The summed E-state index contributed by atoms with van der Waals surface area (Å²) in [6.07, 6.45) is 1.86. The average Bonchev–Trinajstić information content (AvgIpc) is 3.18. The van der Waals surface area contributed by atoms with Crippen LogP contribution < -0.4 is 4.90 Å². The molecule has 1 aromatic rings. The van der Waals surface area contributed by atoms with Gasteiger partial charge >= 0.3 is 0 Å². The van der Waals surface area contributed by atoms with Crippen molar-refractivity contribution in [2.45, 2.75) is 26.7 Å². The number of benzene rings is 1. The second-order valence-corrected chi connectivity index (χ2v) is 7.61. The normalized spacial score (nSPS) is 30.2. The van der Waals surface area contributed by atoms with E-state index in [4.69, 9.17) is 11.6 Å². The van der Waals surface area contributed by atoms with E-state index in [1.54, 1.807) is 0 Å². The first-order valence-corrected chi connectivity index (χ1v) is 8.69. The van der Waals surface area contributed by atoms with E-state index in [0.29, 0.717) is 0 Å². The van der Waals surface area contributed by atoms with Gasteiger partial charge in [0.1, 0.15) is 5.02 Å². The van der Waals surface area contributed by atoms with Gasteiger partial charge in [-0.25, -0.2) is 4.90 Å². The fourth-order valence-corrected chi connectivity index (χ4v) is 5.21. The maximum absolute atomic E-state index is 13.0. The number of imide groups is 1. The highest BCUT2D eigenvalue weighted by Crippen LogP contribution is 2.60. The van der Waals surface area contributed by atoms with E-state index < -0.39 is 4.92 Å². The van der Waals surface area contributed by atoms with Crippen LogP contribution in [-0.4, -0.2) is 16.7 Å². The highest BCUT2D eigenvalue weighted by molar-refractivity contribution is 6.33. The minimum Gasteiger partial charge on any atom is -0.274 e. The van der Waals surface area contributed by atoms with Crippen molar-refractivity contribution in [3.63, 3.8) is 0 Å². The van der Waals surface area contributed by atoms with Crippen molar-refractivity contribution in [1.29, 1.82) is 0 Å². The second kappa shape index (κ2) is 5.39. The number of fused-ring (bicyclic) bond motifs is 5. The summed E-state index contributed by atoms with van der Waals surface area (Å²) < 4.78 is 0. The molecule has 3 fully saturated rings. The van der Waals surface area contributed by atoms with Crippen molar-refractivity contribution in [2.24, 2.45) is 23.7 Å². The molecule has 1 aliphatic heterocycles. The number of carbonyl (C=O) groups is 2. The Morgan fingerprint density at radius 3 is 2.20 bits per heavy atom. The molecule has 2 aliphatic carbocycles. The van der Waals surface area contributed by atoms with Crippen molar-refractivity contribution in [3.8, 4) is 0 Å². The van der Waals surface area contributed by atoms with Crippen molar-refractivity contribution >= 4 is 34.8 Å². The van der Waals surface area contributed by atoms with Crippen molar-refractivity contribution in [2.75, 3.05) is 4.90 Å². The lowest BCUT2D eigenvalue weighted by molar-refractivity contribution is -0.384. The Hall–Kier alpha value is -2.21. The number of nitrogens with zero attached hydrogens (tertiary/aromatic N) is 2. The van der Waals surface area contributed by atoms with Crippen molar-refractivity contribution < 1.29 is 14.5 Å². The largest absolute Gasteiger partial charge is 0.289 e. The summed E-state index contributed by atoms with van der Waals surface area (Å²) in [5.74, 6) is -0.876. The van der Waals surface area contributed by atoms with Crippen LogP contribution in [0.2, 0.25) is 5.02 Å². The highest BCUT2D eigenvalue weighted by Gasteiger charge is 2.63. The van der Waals surface area contributed by atoms with Gasteiger partial charge in [-0.15, -0.1) is 0 Å². The number of allylic oxidation sites excluding steroid dienone is 2. The summed E-state index contributed by atoms with van der Waals surface area (Å²) in [5, 5.41) is 11.1. The zero-order valence-corrected chi connectivity index (χ0v) is 14.6. The fraction of sp³-hybridized carbons (Fsp3) is 0.444. The molecule has 2 saturated carbocycles. The topological polar surface area (TPSA) is 80.5 Å². The van der Waals surface area contributed by atoms with Crippen LogP contribution in [0.5, 0.6) is 0 Å². The SMILES string of the molecule is CC(C)=C1[C@@H]2CC[C@@H]1[C@H]1C(=O)N(c3ccc(Cl)c([N+](=O)[O-])c3)C(=O)[C@@H]12. The van der Waals surface area contributed by atoms with Crippen LogP contribution in [0.25, 0.3) is 0 Å². The average molecular weight is 361 g/mol. The molecule has 1 aromatic carbocycles. The number of anilines is 1. The summed E-state index contributed by atoms with van der Waals surface area (Å²) in [6.45, 7) is 4.08. The third kappa shape index (κ3) is 2.10. The van der Waals surface area contributed by atoms with Gasteiger partial charge in [0.25, 0.3) is 5.69 Å². The van der Waals surface area contributed by atoms with Crippen LogP contribution in [0.15, 0.2) is 29.3 Å². The zero-order chi connectivity index (χ0) is 18.0. The second-order valence-electron chi connectivity index (χ2n) is 7.20. The molecule has 2 bridgehead atoms. The van der Waals surface area contributed by atoms with Gasteiger partial charge in [-0.1, -0.05) is 22.7 Å². The van der Waals surface area contributed by atoms with Crippen LogP contribution >= 0.6 is 11.6 Å². The van der Waals surface area contributed by atoms with Gasteiger partial charge in [0, 0.05) is 6.07 Å². The third-order valence-corrected chi connectivity index (χ3v) is 6.13. The first kappa shape index (κ1) is 16.3. The summed E-state index contributed by atoms with van der Waals surface area (Å²) >= 11 is 5.84. The zero-order valence-electron chi connectivity index (χ0n) is 13.9. The summed E-state index contributed by atoms with van der Waals surface area (Å²) in [6, 6.07) is 4.07. The lowest BCUT2D eigenvalue weighted by atomic mass is 9.81. The van der Waals surface area contributed by atoms with Gasteiger partial charge in [0.05, 0.1) is 22.4 Å². The highest BCUT2D eigenvalue weighted by atomic mass is 35.5. The van der Waals surface area contributed by atoms with Crippen LogP contribution in [0, 0.1) is 33.8 Å². The molecule has 130 valence electrons. The Kier molecular flexibility index (Phi) is 3.51. The lowest BCUT2D eigenvalue weighted by Gasteiger charge is -2.19. The van der Waals surface area contributed by atoms with Gasteiger partial charge in [0.2, 0.25) is 11.8 Å². The molecule has 0 N–H and O–H groups in total. The van der Waals surface area contributed by atoms with E-state index in [9.17, 15) is 19.7 Å². The Morgan fingerprint density at radius 1 is 1.16 bits per heavy atom. The summed E-state index contributed by atoms with van der Waals surface area (Å²) in [4.78, 5) is 37.6. The lowest BCUT2D eigenvalue weighted by Crippen LogP contribution is -2.33. The van der Waals surface area contributed by atoms with E-state index in [0.717, 1.165) is 17.7 Å². The van der Waals surface area contributed by atoms with Crippen molar-refractivity contribution in [1.82, 2.24) is 0 Å². The van der Waals surface area contributed by atoms with Crippen LogP contribution in [0.1, 0.15) is 26.7 Å². The Balaban J connectivity index is 1.76. The predicted octanol–water partition coefficient (Wildman–Crippen LogP) is 3.73. The number of nitro groups is 1. The Labute approximate surface area is 149 Å². The molecule has 2 amide bonds. The van der Waals surface area contributed by atoms with E-state index in [2.05, 4.69) is 0 Å². The molecule has 0 spiro atoms. The monoisotopic (exact) mass is 360 g/mol. The third-order valence-electron chi connectivity index (χ3n) is 5.81. The fourth-order valence-electron chi connectivity index (χ4n) is 5.03. The van der Waals surface area contributed by atoms with Crippen LogP contribution in [0.3, 0.4) is 0 Å². The molecular weight excluding hydrogens is 344 g/mol. The number of halogens is 1. The molecule has 4 rings (SSSR count). The quantitative estimate of drug-likeness (QED) is 0.348. The summed E-state index contributed by atoms with van der Waals surface area (Å²) in [5.41, 5.74) is 2.41. The number of hydrogen-bond donors (Lipinski definition) is 0. The number of nitro benzene ring substituents is 1. The number of amides is 2. The molecule has 25 heavy (non-hydrogen) atoms. The van der Waals surface area contributed by atoms with Crippen LogP contribution in [-0.2, 0) is 9.59 Å². The number of carbonyl (C=O) groups excluding carboxylic acids is 2. The molecule has 6 nitrogen and oxygen atoms in total. The number of hydrogen-bond acceptors (Lipinski definition) is 4. The molecular formula is C18H17ClN2O4. The maximum Gasteiger partial charge on any atom is 0.289 e. The van der Waals surface area contributed by atoms with Gasteiger partial charge in [-0.2, -0.15) is 0 Å². The molecule has 3 aliphatic rings. The number of rotatable bonds is 2. The molecule has 1 heterocycles. The van der Waals surface area contributed by atoms with Gasteiger partial charge in [-0.3, -0.25) is 19.7 Å². The Bertz CT molecular complexity index is 827. The minimum atomic E-state index is -0.608. The summed E-state index contributed by atoms with van der Waals surface area (Å²) in [7, 11) is 0. The van der Waals surface area contributed by atoms with E-state index >= 15 is 0 Å². The maximum atomic E-state index is 13.0. The molecule has 0 radical (unpaired) electrons. The first-order valence-electron chi connectivity index (χ1n) is 8.32. The molecule has 7 heteroatoms. The van der Waals surface area contributed by atoms with E-state index in [1.807, 2.05) is 13.8 Å². The van der Waals surface area contributed by atoms with Gasteiger partial charge in [-0.05, 0) is 50.7 Å². The minimum absolute atomic E-state index is 0.0139. The van der Waals surface area contributed by atoms with E-state index in [1.165, 1.54) is 29.3 Å². The predicted molar refractivity (Wildman–Crippen MR) is 92.2 cm³/mol. The standard InChI is InChI=1S/C18H17ClN2O4/c1-8(2)14-10-4-5-11(14)16-15(10)17(22)20(18(16)23)9-3-6-12(19)13(7-9)21(24)25/h3,6-7,10-11,15-16H,4-5H2,1-2H3/t10-,11-,15+,16+/m0/s1. The van der Waals surface area contributed by atoms with Crippen molar-refractivity contribution in [3.05, 3.63) is 44.5 Å². The first-order chi connectivity index (χ1) is 11.8. The van der Waals surface area contributed by atoms with Gasteiger partial charge in [0.15, 0.2) is 0 Å². The van der Waals surface area contributed by atoms with Gasteiger partial charge < -0.3 is 0 Å². The molecule has 1 saturated heterocycles. The molecule has 0 unspecified atom stereocenters. The molecule has 0 aromatic heterocycles. The van der Waals surface area contributed by atoms with Crippen LogP contribution in [0.4, 0.5) is 11.4 Å². The smallest absolute Gasteiger partial charge is 0.274 e. The Morgan fingerprint density at radius 2 is 1.72 bits per heavy atom. The van der Waals surface area contributed by atoms with E-state index in [-0.39, 0.29) is 51.9 Å².